The van der Waals surface area contributed by atoms with E-state index in [1.54, 1.807) is 0 Å². The molecule has 0 spiro atoms. The molecule has 104 valence electrons. The van der Waals surface area contributed by atoms with Gasteiger partial charge in [0.25, 0.3) is 5.91 Å². The summed E-state index contributed by atoms with van der Waals surface area (Å²) in [6.07, 6.45) is 2.36. The highest BCUT2D eigenvalue weighted by Gasteiger charge is 2.29. The van der Waals surface area contributed by atoms with Gasteiger partial charge in [0.1, 0.15) is 10.8 Å². The molecule has 1 amide bonds. The zero-order chi connectivity index (χ0) is 14.6. The average molecular weight is 286 g/mol. The molecule has 0 bridgehead atoms. The Kier molecular flexibility index (Phi) is 4.83. The molecule has 6 nitrogen and oxygen atoms in total. The molecule has 19 heavy (non-hydrogen) atoms. The molecule has 1 heterocycles. The molecule has 0 aliphatic carbocycles. The largest absolute Gasteiger partial charge is 0.481 e. The van der Waals surface area contributed by atoms with Gasteiger partial charge in [0.2, 0.25) is 0 Å². The molecular weight excluding hydrogens is 270 g/mol. The lowest BCUT2D eigenvalue weighted by atomic mass is 9.84. The first-order chi connectivity index (χ1) is 8.70. The summed E-state index contributed by atoms with van der Waals surface area (Å²) in [4.78, 5) is 30.4. The van der Waals surface area contributed by atoms with Crippen LogP contribution in [0.15, 0.2) is 12.4 Å². The number of carboxylic acids is 1. The van der Waals surface area contributed by atoms with Crippen LogP contribution >= 0.6 is 11.6 Å². The van der Waals surface area contributed by atoms with Gasteiger partial charge in [0, 0.05) is 6.04 Å². The summed E-state index contributed by atoms with van der Waals surface area (Å²) < 4.78 is 0. The summed E-state index contributed by atoms with van der Waals surface area (Å²) in [6.45, 7) is 5.57. The van der Waals surface area contributed by atoms with Crippen molar-refractivity contribution in [1.82, 2.24) is 15.3 Å². The number of amides is 1. The Morgan fingerprint density at radius 2 is 2.00 bits per heavy atom. The topological polar surface area (TPSA) is 92.2 Å². The Hall–Kier alpha value is -1.69. The average Bonchev–Trinajstić information content (AvgIpc) is 2.27. The number of nitrogens with zero attached hydrogens (tertiary/aromatic N) is 2. The number of nitrogens with one attached hydrogen (secondary N) is 1. The number of hydrogen-bond acceptors (Lipinski definition) is 4. The maximum absolute atomic E-state index is 11.9. The van der Waals surface area contributed by atoms with Crippen molar-refractivity contribution in [2.24, 2.45) is 5.41 Å². The van der Waals surface area contributed by atoms with Crippen molar-refractivity contribution in [2.75, 3.05) is 0 Å². The monoisotopic (exact) mass is 285 g/mol. The minimum Gasteiger partial charge on any atom is -0.481 e. The fraction of sp³-hybridized carbons (Fsp3) is 0.500. The first kappa shape index (κ1) is 15.4. The quantitative estimate of drug-likeness (QED) is 0.879. The van der Waals surface area contributed by atoms with Crippen LogP contribution < -0.4 is 5.32 Å². The first-order valence-corrected chi connectivity index (χ1v) is 6.08. The van der Waals surface area contributed by atoms with E-state index in [-0.39, 0.29) is 22.7 Å². The van der Waals surface area contributed by atoms with E-state index in [1.165, 1.54) is 12.4 Å². The number of aromatic nitrogens is 2. The van der Waals surface area contributed by atoms with Gasteiger partial charge in [-0.2, -0.15) is 0 Å². The highest BCUT2D eigenvalue weighted by Crippen LogP contribution is 2.22. The van der Waals surface area contributed by atoms with Crippen molar-refractivity contribution < 1.29 is 14.7 Å². The Balaban J connectivity index is 2.81. The van der Waals surface area contributed by atoms with Crippen molar-refractivity contribution in [1.29, 1.82) is 0 Å². The SMILES string of the molecule is CC(C)(C)C(CC(=O)O)NC(=O)c1cnc(Cl)cn1. The van der Waals surface area contributed by atoms with Crippen molar-refractivity contribution in [3.05, 3.63) is 23.2 Å². The summed E-state index contributed by atoms with van der Waals surface area (Å²) in [6, 6.07) is -0.505. The molecule has 0 saturated carbocycles. The van der Waals surface area contributed by atoms with Crippen LogP contribution in [-0.4, -0.2) is 33.0 Å². The van der Waals surface area contributed by atoms with Gasteiger partial charge in [-0.15, -0.1) is 0 Å². The van der Waals surface area contributed by atoms with Crippen LogP contribution in [0.5, 0.6) is 0 Å². The predicted octanol–water partition coefficient (Wildman–Crippen LogP) is 1.75. The number of carboxylic acid groups (broad SMARTS) is 1. The molecule has 1 rings (SSSR count). The van der Waals surface area contributed by atoms with E-state index < -0.39 is 17.9 Å². The van der Waals surface area contributed by atoms with Gasteiger partial charge in [-0.3, -0.25) is 9.59 Å². The zero-order valence-corrected chi connectivity index (χ0v) is 11.7. The lowest BCUT2D eigenvalue weighted by Gasteiger charge is -2.30. The lowest BCUT2D eigenvalue weighted by Crippen LogP contribution is -2.45. The molecule has 0 saturated heterocycles. The minimum absolute atomic E-state index is 0.101. The zero-order valence-electron chi connectivity index (χ0n) is 11.0. The second-order valence-corrected chi connectivity index (χ2v) is 5.60. The Morgan fingerprint density at radius 1 is 1.37 bits per heavy atom. The van der Waals surface area contributed by atoms with Crippen molar-refractivity contribution >= 4 is 23.5 Å². The minimum atomic E-state index is -0.970. The van der Waals surface area contributed by atoms with Crippen LogP contribution in [0.2, 0.25) is 5.15 Å². The van der Waals surface area contributed by atoms with Gasteiger partial charge >= 0.3 is 5.97 Å². The maximum Gasteiger partial charge on any atom is 0.305 e. The smallest absolute Gasteiger partial charge is 0.305 e. The maximum atomic E-state index is 11.9. The Labute approximate surface area is 116 Å². The number of carbonyl (C=O) groups is 2. The molecule has 0 radical (unpaired) electrons. The summed E-state index contributed by atoms with van der Waals surface area (Å²) >= 11 is 5.58. The van der Waals surface area contributed by atoms with E-state index in [0.29, 0.717) is 0 Å². The highest BCUT2D eigenvalue weighted by molar-refractivity contribution is 6.29. The summed E-state index contributed by atoms with van der Waals surface area (Å²) in [7, 11) is 0. The molecule has 1 atom stereocenters. The van der Waals surface area contributed by atoms with E-state index in [0.717, 1.165) is 0 Å². The number of halogens is 1. The lowest BCUT2D eigenvalue weighted by molar-refractivity contribution is -0.138. The number of hydrogen-bond donors (Lipinski definition) is 2. The van der Waals surface area contributed by atoms with Gasteiger partial charge in [0.05, 0.1) is 18.8 Å². The van der Waals surface area contributed by atoms with Gasteiger partial charge in [-0.1, -0.05) is 32.4 Å². The third-order valence-corrected chi connectivity index (χ3v) is 2.78. The molecule has 1 aromatic rings. The molecule has 0 aliphatic rings. The summed E-state index contributed by atoms with van der Waals surface area (Å²) in [5, 5.41) is 11.7. The molecule has 0 aromatic carbocycles. The van der Waals surface area contributed by atoms with Crippen LogP contribution in [0.1, 0.15) is 37.7 Å². The van der Waals surface area contributed by atoms with Crippen molar-refractivity contribution in [2.45, 2.75) is 33.2 Å². The number of carbonyl (C=O) groups excluding carboxylic acids is 1. The van der Waals surface area contributed by atoms with E-state index >= 15 is 0 Å². The highest BCUT2D eigenvalue weighted by atomic mass is 35.5. The van der Waals surface area contributed by atoms with Crippen molar-refractivity contribution in [3.8, 4) is 0 Å². The van der Waals surface area contributed by atoms with E-state index in [4.69, 9.17) is 16.7 Å². The molecule has 0 fully saturated rings. The van der Waals surface area contributed by atoms with Crippen LogP contribution in [0, 0.1) is 5.41 Å². The second kappa shape index (κ2) is 5.97. The van der Waals surface area contributed by atoms with Crippen LogP contribution in [0.4, 0.5) is 0 Å². The van der Waals surface area contributed by atoms with Gasteiger partial charge < -0.3 is 10.4 Å². The fourth-order valence-corrected chi connectivity index (χ4v) is 1.51. The van der Waals surface area contributed by atoms with Gasteiger partial charge in [-0.25, -0.2) is 9.97 Å². The normalized spacial score (nSPS) is 12.8. The summed E-state index contributed by atoms with van der Waals surface area (Å²) in [5.74, 6) is -1.44. The number of rotatable bonds is 4. The Bertz CT molecular complexity index is 468. The third-order valence-electron chi connectivity index (χ3n) is 2.58. The van der Waals surface area contributed by atoms with E-state index in [9.17, 15) is 9.59 Å². The van der Waals surface area contributed by atoms with Crippen molar-refractivity contribution in [3.63, 3.8) is 0 Å². The molecule has 2 N–H and O–H groups in total. The second-order valence-electron chi connectivity index (χ2n) is 5.21. The fourth-order valence-electron chi connectivity index (χ4n) is 1.41. The first-order valence-electron chi connectivity index (χ1n) is 5.70. The molecule has 7 heteroatoms. The summed E-state index contributed by atoms with van der Waals surface area (Å²) in [5.41, 5.74) is -0.280. The van der Waals surface area contributed by atoms with Crippen LogP contribution in [0.3, 0.4) is 0 Å². The number of aliphatic carboxylic acids is 1. The van der Waals surface area contributed by atoms with E-state index in [1.807, 2.05) is 20.8 Å². The van der Waals surface area contributed by atoms with Gasteiger partial charge in [0.15, 0.2) is 0 Å². The van der Waals surface area contributed by atoms with Crippen LogP contribution in [0.25, 0.3) is 0 Å². The predicted molar refractivity (Wildman–Crippen MR) is 70.0 cm³/mol. The molecule has 1 unspecified atom stereocenters. The molecule has 1 aromatic heterocycles. The third kappa shape index (κ3) is 4.82. The molecule has 0 aliphatic heterocycles. The van der Waals surface area contributed by atoms with Crippen LogP contribution in [-0.2, 0) is 4.79 Å². The van der Waals surface area contributed by atoms with E-state index in [2.05, 4.69) is 15.3 Å². The standard InChI is InChI=1S/C12H16ClN3O3/c1-12(2,3)8(4-10(17)18)16-11(19)7-5-15-9(13)6-14-7/h5-6,8H,4H2,1-3H3,(H,16,19)(H,17,18). The van der Waals surface area contributed by atoms with Gasteiger partial charge in [-0.05, 0) is 5.41 Å². The Morgan fingerprint density at radius 3 is 2.42 bits per heavy atom. The molecular formula is C12H16ClN3O3.